The molecular formula is C21H20Cl2N2O4. The fourth-order valence-electron chi connectivity index (χ4n) is 3.22. The van der Waals surface area contributed by atoms with Crippen LogP contribution in [-0.2, 0) is 20.7 Å². The first kappa shape index (κ1) is 21.1. The van der Waals surface area contributed by atoms with Crippen molar-refractivity contribution >= 4 is 46.7 Å². The number of nitrogens with one attached hydrogen (secondary N) is 1. The van der Waals surface area contributed by atoms with Crippen molar-refractivity contribution in [2.75, 3.05) is 18.1 Å². The maximum absolute atomic E-state index is 12.6. The summed E-state index contributed by atoms with van der Waals surface area (Å²) in [7, 11) is 0. The molecule has 152 valence electrons. The third kappa shape index (κ3) is 5.08. The topological polar surface area (TPSA) is 75.7 Å². The minimum Gasteiger partial charge on any atom is -0.454 e. The minimum atomic E-state index is -0.704. The number of carbonyl (C=O) groups is 3. The van der Waals surface area contributed by atoms with Gasteiger partial charge in [-0.15, -0.1) is 0 Å². The van der Waals surface area contributed by atoms with Crippen LogP contribution in [0.15, 0.2) is 42.5 Å². The van der Waals surface area contributed by atoms with Crippen LogP contribution in [0.4, 0.5) is 5.69 Å². The van der Waals surface area contributed by atoms with Crippen LogP contribution in [0.25, 0.3) is 0 Å². The van der Waals surface area contributed by atoms with Crippen LogP contribution in [0, 0.1) is 0 Å². The number of anilines is 1. The van der Waals surface area contributed by atoms with Crippen molar-refractivity contribution in [3.05, 3.63) is 63.6 Å². The van der Waals surface area contributed by atoms with Crippen molar-refractivity contribution in [2.45, 2.75) is 25.8 Å². The Hall–Kier alpha value is -2.57. The second kappa shape index (κ2) is 9.29. The summed E-state index contributed by atoms with van der Waals surface area (Å²) in [6, 6.07) is 12.1. The number of halogens is 2. The number of nitrogens with zero attached hydrogens (tertiary/aromatic N) is 1. The predicted octanol–water partition coefficient (Wildman–Crippen LogP) is 3.63. The highest BCUT2D eigenvalue weighted by molar-refractivity contribution is 6.42. The summed E-state index contributed by atoms with van der Waals surface area (Å²) in [5.74, 6) is -1.50. The van der Waals surface area contributed by atoms with E-state index in [4.69, 9.17) is 27.9 Å². The van der Waals surface area contributed by atoms with E-state index in [1.807, 2.05) is 31.2 Å². The zero-order valence-corrected chi connectivity index (χ0v) is 17.3. The molecule has 3 rings (SSSR count). The summed E-state index contributed by atoms with van der Waals surface area (Å²) in [5.41, 5.74) is 2.21. The maximum Gasteiger partial charge on any atom is 0.325 e. The van der Waals surface area contributed by atoms with E-state index >= 15 is 0 Å². The number of aryl methyl sites for hydroxylation is 1. The monoisotopic (exact) mass is 434 g/mol. The first-order valence-corrected chi connectivity index (χ1v) is 9.91. The molecule has 1 unspecified atom stereocenters. The van der Waals surface area contributed by atoms with Gasteiger partial charge in [-0.05, 0) is 49.6 Å². The molecule has 0 fully saturated rings. The highest BCUT2D eigenvalue weighted by Gasteiger charge is 2.28. The third-order valence-electron chi connectivity index (χ3n) is 4.72. The quantitative estimate of drug-likeness (QED) is 0.728. The molecule has 0 saturated carbocycles. The Morgan fingerprint density at radius 2 is 1.90 bits per heavy atom. The molecule has 0 aromatic heterocycles. The molecule has 1 N–H and O–H groups in total. The van der Waals surface area contributed by atoms with Gasteiger partial charge in [0.15, 0.2) is 6.61 Å². The van der Waals surface area contributed by atoms with Gasteiger partial charge in [-0.2, -0.15) is 0 Å². The van der Waals surface area contributed by atoms with E-state index in [9.17, 15) is 14.4 Å². The second-order valence-electron chi connectivity index (χ2n) is 6.75. The van der Waals surface area contributed by atoms with Gasteiger partial charge in [0, 0.05) is 17.3 Å². The summed E-state index contributed by atoms with van der Waals surface area (Å²) >= 11 is 11.7. The number of rotatable bonds is 5. The molecule has 29 heavy (non-hydrogen) atoms. The SMILES string of the molecule is CC1CCc2ccccc2N1C(=O)COC(=O)CNC(=O)c1ccc(Cl)c(Cl)c1. The lowest BCUT2D eigenvalue weighted by Gasteiger charge is -2.35. The molecule has 0 saturated heterocycles. The molecule has 2 aromatic carbocycles. The van der Waals surface area contributed by atoms with Crippen molar-refractivity contribution in [1.82, 2.24) is 5.32 Å². The third-order valence-corrected chi connectivity index (χ3v) is 5.46. The summed E-state index contributed by atoms with van der Waals surface area (Å²) in [5, 5.41) is 3.00. The summed E-state index contributed by atoms with van der Waals surface area (Å²) in [4.78, 5) is 38.3. The second-order valence-corrected chi connectivity index (χ2v) is 7.57. The average molecular weight is 435 g/mol. The van der Waals surface area contributed by atoms with Gasteiger partial charge >= 0.3 is 5.97 Å². The van der Waals surface area contributed by atoms with Gasteiger partial charge in [-0.1, -0.05) is 41.4 Å². The lowest BCUT2D eigenvalue weighted by atomic mass is 9.96. The summed E-state index contributed by atoms with van der Waals surface area (Å²) in [6.07, 6.45) is 1.75. The number of esters is 1. The average Bonchev–Trinajstić information content (AvgIpc) is 2.72. The Morgan fingerprint density at radius 1 is 1.14 bits per heavy atom. The highest BCUT2D eigenvalue weighted by atomic mass is 35.5. The van der Waals surface area contributed by atoms with Crippen LogP contribution in [0.5, 0.6) is 0 Å². The number of amides is 2. The summed E-state index contributed by atoms with van der Waals surface area (Å²) < 4.78 is 5.06. The van der Waals surface area contributed by atoms with Crippen molar-refractivity contribution in [3.8, 4) is 0 Å². The van der Waals surface area contributed by atoms with Crippen LogP contribution in [0.3, 0.4) is 0 Å². The fourth-order valence-corrected chi connectivity index (χ4v) is 3.52. The van der Waals surface area contributed by atoms with Crippen LogP contribution in [0.1, 0.15) is 29.3 Å². The first-order chi connectivity index (χ1) is 13.9. The lowest BCUT2D eigenvalue weighted by molar-refractivity contribution is -0.146. The van der Waals surface area contributed by atoms with Crippen LogP contribution in [-0.4, -0.2) is 37.0 Å². The molecule has 1 atom stereocenters. The Balaban J connectivity index is 1.52. The van der Waals surface area contributed by atoms with E-state index in [-0.39, 0.29) is 35.7 Å². The number of benzene rings is 2. The van der Waals surface area contributed by atoms with Crippen LogP contribution in [0.2, 0.25) is 10.0 Å². The van der Waals surface area contributed by atoms with Crippen molar-refractivity contribution < 1.29 is 19.1 Å². The fraction of sp³-hybridized carbons (Fsp3) is 0.286. The number of hydrogen-bond donors (Lipinski definition) is 1. The van der Waals surface area contributed by atoms with Crippen molar-refractivity contribution in [1.29, 1.82) is 0 Å². The molecule has 0 aliphatic carbocycles. The molecule has 0 radical (unpaired) electrons. The Bertz CT molecular complexity index is 948. The zero-order chi connectivity index (χ0) is 21.0. The summed E-state index contributed by atoms with van der Waals surface area (Å²) in [6.45, 7) is 1.21. The normalized spacial score (nSPS) is 15.4. The van der Waals surface area contributed by atoms with E-state index in [0.717, 1.165) is 24.1 Å². The minimum absolute atomic E-state index is 0.0189. The molecule has 8 heteroatoms. The molecule has 1 aliphatic rings. The van der Waals surface area contributed by atoms with Gasteiger partial charge in [-0.3, -0.25) is 14.4 Å². The zero-order valence-electron chi connectivity index (χ0n) is 15.8. The van der Waals surface area contributed by atoms with Gasteiger partial charge in [-0.25, -0.2) is 0 Å². The molecule has 6 nitrogen and oxygen atoms in total. The van der Waals surface area contributed by atoms with Gasteiger partial charge in [0.25, 0.3) is 11.8 Å². The van der Waals surface area contributed by atoms with E-state index in [1.165, 1.54) is 18.2 Å². The molecule has 0 bridgehead atoms. The molecule has 0 spiro atoms. The molecule has 2 amide bonds. The number of hydrogen-bond acceptors (Lipinski definition) is 4. The molecular weight excluding hydrogens is 415 g/mol. The van der Waals surface area contributed by atoms with E-state index in [1.54, 1.807) is 4.90 Å². The van der Waals surface area contributed by atoms with Crippen molar-refractivity contribution in [3.63, 3.8) is 0 Å². The first-order valence-electron chi connectivity index (χ1n) is 9.15. The highest BCUT2D eigenvalue weighted by Crippen LogP contribution is 2.30. The van der Waals surface area contributed by atoms with Gasteiger partial charge < -0.3 is 15.0 Å². The number of carbonyl (C=O) groups excluding carboxylic acids is 3. The smallest absolute Gasteiger partial charge is 0.325 e. The molecule has 2 aromatic rings. The van der Waals surface area contributed by atoms with E-state index in [2.05, 4.69) is 5.32 Å². The Morgan fingerprint density at radius 3 is 2.66 bits per heavy atom. The standard InChI is InChI=1S/C21H20Cl2N2O4/c1-13-6-7-14-4-2-3-5-18(14)25(13)19(26)12-29-20(27)11-24-21(28)15-8-9-16(22)17(23)10-15/h2-5,8-10,13H,6-7,11-12H2,1H3,(H,24,28). The van der Waals surface area contributed by atoms with Gasteiger partial charge in [0.2, 0.25) is 0 Å². The Kier molecular flexibility index (Phi) is 6.77. The van der Waals surface area contributed by atoms with Gasteiger partial charge in [0.05, 0.1) is 10.0 Å². The maximum atomic E-state index is 12.6. The van der Waals surface area contributed by atoms with E-state index in [0.29, 0.717) is 5.02 Å². The van der Waals surface area contributed by atoms with Crippen LogP contribution < -0.4 is 10.2 Å². The molecule has 1 aliphatic heterocycles. The number of ether oxygens (including phenoxy) is 1. The van der Waals surface area contributed by atoms with Crippen molar-refractivity contribution in [2.24, 2.45) is 0 Å². The number of fused-ring (bicyclic) bond motifs is 1. The van der Waals surface area contributed by atoms with E-state index < -0.39 is 11.9 Å². The largest absolute Gasteiger partial charge is 0.454 e. The number of para-hydroxylation sites is 1. The van der Waals surface area contributed by atoms with Crippen LogP contribution >= 0.6 is 23.2 Å². The molecule has 1 heterocycles. The Labute approximate surface area is 178 Å². The lowest BCUT2D eigenvalue weighted by Crippen LogP contribution is -2.44. The van der Waals surface area contributed by atoms with Gasteiger partial charge in [0.1, 0.15) is 6.54 Å². The predicted molar refractivity (Wildman–Crippen MR) is 111 cm³/mol.